The summed E-state index contributed by atoms with van der Waals surface area (Å²) < 4.78 is 52.7. The van der Waals surface area contributed by atoms with E-state index in [1.54, 1.807) is 24.3 Å². The Bertz CT molecular complexity index is 1090. The fourth-order valence-electron chi connectivity index (χ4n) is 2.95. The van der Waals surface area contributed by atoms with Gasteiger partial charge in [-0.1, -0.05) is 6.07 Å². The van der Waals surface area contributed by atoms with E-state index in [-0.39, 0.29) is 11.4 Å². The Morgan fingerprint density at radius 3 is 2.63 bits per heavy atom. The van der Waals surface area contributed by atoms with Crippen molar-refractivity contribution in [2.24, 2.45) is 0 Å². The van der Waals surface area contributed by atoms with Crippen LogP contribution in [-0.4, -0.2) is 28.9 Å². The van der Waals surface area contributed by atoms with Gasteiger partial charge in [-0.25, -0.2) is 4.68 Å². The Morgan fingerprint density at radius 1 is 1.10 bits per heavy atom. The van der Waals surface area contributed by atoms with E-state index in [1.807, 2.05) is 0 Å². The van der Waals surface area contributed by atoms with Crippen LogP contribution in [0, 0.1) is 0 Å². The first-order valence-electron chi connectivity index (χ1n) is 9.00. The molecule has 3 aromatic rings. The number of rotatable bonds is 4. The van der Waals surface area contributed by atoms with Crippen molar-refractivity contribution in [2.45, 2.75) is 6.18 Å². The molecule has 1 amide bonds. The molecule has 0 atom stereocenters. The topological polar surface area (TPSA) is 65.4 Å². The maximum Gasteiger partial charge on any atom is 0.418 e. The van der Waals surface area contributed by atoms with Crippen LogP contribution < -0.4 is 14.8 Å². The summed E-state index contributed by atoms with van der Waals surface area (Å²) in [6, 6.07) is 10.3. The predicted molar refractivity (Wildman–Crippen MR) is 104 cm³/mol. The van der Waals surface area contributed by atoms with Crippen LogP contribution in [0.1, 0.15) is 11.1 Å². The van der Waals surface area contributed by atoms with Gasteiger partial charge < -0.3 is 14.8 Å². The summed E-state index contributed by atoms with van der Waals surface area (Å²) >= 11 is 0. The number of hydrogen-bond acceptors (Lipinski definition) is 4. The lowest BCUT2D eigenvalue weighted by atomic mass is 10.1. The van der Waals surface area contributed by atoms with E-state index >= 15 is 0 Å². The van der Waals surface area contributed by atoms with Crippen LogP contribution >= 0.6 is 0 Å². The molecule has 1 aromatic heterocycles. The second-order valence-electron chi connectivity index (χ2n) is 6.40. The molecule has 30 heavy (non-hydrogen) atoms. The summed E-state index contributed by atoms with van der Waals surface area (Å²) in [6.45, 7) is 0.890. The summed E-state index contributed by atoms with van der Waals surface area (Å²) in [5.74, 6) is 0.467. The molecule has 0 spiro atoms. The van der Waals surface area contributed by atoms with Gasteiger partial charge in [0.1, 0.15) is 13.2 Å². The van der Waals surface area contributed by atoms with Crippen LogP contribution in [0.5, 0.6) is 11.5 Å². The van der Waals surface area contributed by atoms with Gasteiger partial charge >= 0.3 is 6.18 Å². The van der Waals surface area contributed by atoms with Crippen molar-refractivity contribution in [3.8, 4) is 17.2 Å². The number of alkyl halides is 3. The molecule has 1 aliphatic heterocycles. The number of halogens is 3. The van der Waals surface area contributed by atoms with Gasteiger partial charge in [-0.2, -0.15) is 18.3 Å². The second kappa shape index (κ2) is 7.94. The number of nitrogens with one attached hydrogen (secondary N) is 1. The monoisotopic (exact) mass is 415 g/mol. The molecular formula is C21H16F3N3O3. The van der Waals surface area contributed by atoms with E-state index in [0.717, 1.165) is 12.1 Å². The van der Waals surface area contributed by atoms with E-state index in [4.69, 9.17) is 9.47 Å². The van der Waals surface area contributed by atoms with Gasteiger partial charge in [-0.3, -0.25) is 4.79 Å². The predicted octanol–water partition coefficient (Wildman–Crippen LogP) is 4.31. The van der Waals surface area contributed by atoms with E-state index in [2.05, 4.69) is 10.4 Å². The van der Waals surface area contributed by atoms with Crippen LogP contribution in [0.25, 0.3) is 11.8 Å². The van der Waals surface area contributed by atoms with Crippen LogP contribution in [0.15, 0.2) is 60.9 Å². The smallest absolute Gasteiger partial charge is 0.418 e. The Hall–Kier alpha value is -3.75. The van der Waals surface area contributed by atoms with Crippen LogP contribution in [0.3, 0.4) is 0 Å². The van der Waals surface area contributed by atoms with Gasteiger partial charge in [-0.15, -0.1) is 0 Å². The Morgan fingerprint density at radius 2 is 1.90 bits per heavy atom. The highest BCUT2D eigenvalue weighted by molar-refractivity contribution is 6.02. The summed E-state index contributed by atoms with van der Waals surface area (Å²) in [7, 11) is 0. The maximum absolute atomic E-state index is 13.5. The lowest BCUT2D eigenvalue weighted by molar-refractivity contribution is -0.137. The Balaban J connectivity index is 1.53. The molecule has 4 rings (SSSR count). The van der Waals surface area contributed by atoms with Crippen molar-refractivity contribution in [3.05, 3.63) is 72.1 Å². The number of carbonyl (C=O) groups excluding carboxylic acids is 1. The van der Waals surface area contributed by atoms with Crippen LogP contribution in [0.4, 0.5) is 18.9 Å². The van der Waals surface area contributed by atoms with Gasteiger partial charge in [0.05, 0.1) is 16.9 Å². The number of nitrogens with zero attached hydrogens (tertiary/aromatic N) is 2. The number of hydrogen-bond donors (Lipinski definition) is 1. The van der Waals surface area contributed by atoms with Crippen molar-refractivity contribution in [1.29, 1.82) is 0 Å². The second-order valence-corrected chi connectivity index (χ2v) is 6.40. The SMILES string of the molecule is O=C(/C=C/c1ccc2c(c1)OCCO2)Nc1ccc(-n2cccn2)cc1C(F)(F)F. The molecule has 2 heterocycles. The molecule has 6 nitrogen and oxygen atoms in total. The van der Waals surface area contributed by atoms with E-state index < -0.39 is 17.6 Å². The normalized spacial score (nSPS) is 13.4. The summed E-state index contributed by atoms with van der Waals surface area (Å²) in [5, 5.41) is 6.22. The molecule has 2 aromatic carbocycles. The van der Waals surface area contributed by atoms with Gasteiger partial charge in [0.15, 0.2) is 11.5 Å². The molecule has 1 aliphatic rings. The zero-order valence-electron chi connectivity index (χ0n) is 15.5. The van der Waals surface area contributed by atoms with Gasteiger partial charge in [0.25, 0.3) is 0 Å². The van der Waals surface area contributed by atoms with Crippen molar-refractivity contribution < 1.29 is 27.4 Å². The molecule has 0 radical (unpaired) electrons. The molecule has 154 valence electrons. The minimum Gasteiger partial charge on any atom is -0.486 e. The van der Waals surface area contributed by atoms with Crippen molar-refractivity contribution >= 4 is 17.7 Å². The van der Waals surface area contributed by atoms with Gasteiger partial charge in [0.2, 0.25) is 5.91 Å². The fourth-order valence-corrected chi connectivity index (χ4v) is 2.95. The summed E-state index contributed by atoms with van der Waals surface area (Å²) in [5.41, 5.74) is -0.413. The summed E-state index contributed by atoms with van der Waals surface area (Å²) in [4.78, 5) is 12.2. The molecule has 0 saturated heterocycles. The average molecular weight is 415 g/mol. The molecule has 0 fully saturated rings. The zero-order valence-corrected chi connectivity index (χ0v) is 15.5. The first-order chi connectivity index (χ1) is 14.4. The average Bonchev–Trinajstić information content (AvgIpc) is 3.26. The third-order valence-electron chi connectivity index (χ3n) is 4.33. The van der Waals surface area contributed by atoms with Crippen molar-refractivity contribution in [2.75, 3.05) is 18.5 Å². The lowest BCUT2D eigenvalue weighted by Gasteiger charge is -2.18. The van der Waals surface area contributed by atoms with Gasteiger partial charge in [-0.05, 0) is 48.0 Å². The van der Waals surface area contributed by atoms with Crippen molar-refractivity contribution in [1.82, 2.24) is 9.78 Å². The number of ether oxygens (including phenoxy) is 2. The number of fused-ring (bicyclic) bond motifs is 1. The maximum atomic E-state index is 13.5. The molecule has 0 bridgehead atoms. The lowest BCUT2D eigenvalue weighted by Crippen LogP contribution is -2.15. The summed E-state index contributed by atoms with van der Waals surface area (Å²) in [6.07, 6.45) is 0.993. The minimum absolute atomic E-state index is 0.233. The van der Waals surface area contributed by atoms with Gasteiger partial charge in [0, 0.05) is 18.5 Å². The highest BCUT2D eigenvalue weighted by atomic mass is 19.4. The molecule has 0 saturated carbocycles. The molecule has 0 unspecified atom stereocenters. The number of carbonyl (C=O) groups is 1. The third-order valence-corrected chi connectivity index (χ3v) is 4.33. The van der Waals surface area contributed by atoms with Crippen molar-refractivity contribution in [3.63, 3.8) is 0 Å². The molecular weight excluding hydrogens is 399 g/mol. The third kappa shape index (κ3) is 4.29. The molecule has 1 N–H and O–H groups in total. The highest BCUT2D eigenvalue weighted by Crippen LogP contribution is 2.36. The largest absolute Gasteiger partial charge is 0.486 e. The molecule has 0 aliphatic carbocycles. The Labute approximate surface area is 169 Å². The number of aromatic nitrogens is 2. The standard InChI is InChI=1S/C21H16F3N3O3/c22-21(23,24)16-13-15(27-9-1-8-25-27)4-5-17(16)26-20(28)7-3-14-2-6-18-19(12-14)30-11-10-29-18/h1-9,12-13H,10-11H2,(H,26,28)/b7-3+. The minimum atomic E-state index is -4.65. The van der Waals surface area contributed by atoms with E-state index in [0.29, 0.717) is 30.3 Å². The quantitative estimate of drug-likeness (QED) is 0.645. The number of benzene rings is 2. The first kappa shape index (κ1) is 19.6. The first-order valence-corrected chi connectivity index (χ1v) is 9.00. The fraction of sp³-hybridized carbons (Fsp3) is 0.143. The number of anilines is 1. The zero-order chi connectivity index (χ0) is 21.1. The van der Waals surface area contributed by atoms with Crippen LogP contribution in [-0.2, 0) is 11.0 Å². The number of amides is 1. The molecule has 9 heteroatoms. The van der Waals surface area contributed by atoms with Crippen LogP contribution in [0.2, 0.25) is 0 Å². The highest BCUT2D eigenvalue weighted by Gasteiger charge is 2.34. The van der Waals surface area contributed by atoms with E-state index in [9.17, 15) is 18.0 Å². The van der Waals surface area contributed by atoms with E-state index in [1.165, 1.54) is 35.3 Å². The Kier molecular flexibility index (Phi) is 5.18.